The molecule has 0 saturated carbocycles. The number of anilines is 1. The van der Waals surface area contributed by atoms with Crippen molar-refractivity contribution in [2.24, 2.45) is 0 Å². The summed E-state index contributed by atoms with van der Waals surface area (Å²) >= 11 is 0. The molecular weight excluding hydrogens is 381 g/mol. The second kappa shape index (κ2) is 8.13. The Morgan fingerprint density at radius 1 is 1.34 bits per heavy atom. The largest absolute Gasteiger partial charge is 0.480 e. The molecule has 29 heavy (non-hydrogen) atoms. The number of halogens is 1. The van der Waals surface area contributed by atoms with Crippen LogP contribution in [-0.2, 0) is 11.5 Å². The normalized spacial score (nSPS) is 11.9. The molecule has 1 atom stereocenters. The summed E-state index contributed by atoms with van der Waals surface area (Å²) in [7, 11) is 0. The van der Waals surface area contributed by atoms with Gasteiger partial charge < -0.3 is 15.2 Å². The molecule has 2 heterocycles. The number of hydrogen-bond donors (Lipinski definition) is 2. The van der Waals surface area contributed by atoms with Gasteiger partial charge in [0.2, 0.25) is 0 Å². The maximum absolute atomic E-state index is 13.3. The average molecular weight is 401 g/mol. The van der Waals surface area contributed by atoms with Crippen LogP contribution in [0.1, 0.15) is 34.7 Å². The van der Waals surface area contributed by atoms with Crippen molar-refractivity contribution in [2.75, 3.05) is 5.32 Å². The van der Waals surface area contributed by atoms with Gasteiger partial charge in [-0.25, -0.2) is 13.9 Å². The number of carbonyl (C=O) groups excluding carboxylic acids is 1. The van der Waals surface area contributed by atoms with Gasteiger partial charge in [-0.3, -0.25) is 9.48 Å². The van der Waals surface area contributed by atoms with Gasteiger partial charge in [-0.15, -0.1) is 0 Å². The monoisotopic (exact) mass is 401 g/mol. The topological polar surface area (TPSA) is 111 Å². The highest BCUT2D eigenvalue weighted by molar-refractivity contribution is 6.04. The third kappa shape index (κ3) is 4.42. The van der Waals surface area contributed by atoms with E-state index in [4.69, 9.17) is 9.84 Å². The van der Waals surface area contributed by atoms with Gasteiger partial charge in [-0.05, 0) is 32.9 Å². The molecule has 1 amide bonds. The third-order valence-electron chi connectivity index (χ3n) is 4.39. The van der Waals surface area contributed by atoms with Crippen LogP contribution in [-0.4, -0.2) is 36.5 Å². The van der Waals surface area contributed by atoms with Crippen molar-refractivity contribution in [3.8, 4) is 5.75 Å². The van der Waals surface area contributed by atoms with Crippen LogP contribution in [0.15, 0.2) is 36.7 Å². The number of carboxylic acids is 1. The van der Waals surface area contributed by atoms with E-state index in [1.165, 1.54) is 36.1 Å². The predicted molar refractivity (Wildman–Crippen MR) is 101 cm³/mol. The summed E-state index contributed by atoms with van der Waals surface area (Å²) in [6, 6.07) is 4.88. The number of nitrogens with zero attached hydrogens (tertiary/aromatic N) is 4. The van der Waals surface area contributed by atoms with Crippen LogP contribution in [0.3, 0.4) is 0 Å². The number of benzene rings is 1. The van der Waals surface area contributed by atoms with Crippen LogP contribution in [0, 0.1) is 19.7 Å². The number of amides is 1. The Labute approximate surface area is 165 Å². The lowest BCUT2D eigenvalue weighted by atomic mass is 10.2. The quantitative estimate of drug-likeness (QED) is 0.630. The van der Waals surface area contributed by atoms with Crippen LogP contribution in [0.2, 0.25) is 0 Å². The Morgan fingerprint density at radius 2 is 2.10 bits per heavy atom. The minimum atomic E-state index is -1.05. The number of aryl methyl sites for hydroxylation is 1. The standard InChI is InChI=1S/C19H20FN5O4/c1-11-17(22-18(26)14-8-21-24(9-14)13(3)19(27)28)12(2)25(23-11)10-29-16-6-4-5-15(20)7-16/h4-9,13H,10H2,1-3H3,(H,22,26)(H,27,28). The molecule has 1 unspecified atom stereocenters. The van der Waals surface area contributed by atoms with E-state index in [1.54, 1.807) is 30.7 Å². The summed E-state index contributed by atoms with van der Waals surface area (Å²) in [5.74, 6) is -1.53. The van der Waals surface area contributed by atoms with Crippen LogP contribution in [0.25, 0.3) is 0 Å². The number of carbonyl (C=O) groups is 2. The molecule has 0 spiro atoms. The fraction of sp³-hybridized carbons (Fsp3) is 0.263. The van der Waals surface area contributed by atoms with Crippen LogP contribution in [0.4, 0.5) is 10.1 Å². The minimum absolute atomic E-state index is 0.0417. The highest BCUT2D eigenvalue weighted by atomic mass is 19.1. The first kappa shape index (κ1) is 20.1. The van der Waals surface area contributed by atoms with Gasteiger partial charge in [0.15, 0.2) is 6.73 Å². The zero-order chi connectivity index (χ0) is 21.1. The van der Waals surface area contributed by atoms with Crippen molar-refractivity contribution in [1.29, 1.82) is 0 Å². The van der Waals surface area contributed by atoms with E-state index in [9.17, 15) is 14.0 Å². The van der Waals surface area contributed by atoms with E-state index in [-0.39, 0.29) is 12.3 Å². The molecular formula is C19H20FN5O4. The number of rotatable bonds is 7. The molecule has 3 aromatic rings. The van der Waals surface area contributed by atoms with Gasteiger partial charge >= 0.3 is 5.97 Å². The van der Waals surface area contributed by atoms with E-state index in [2.05, 4.69) is 15.5 Å². The smallest absolute Gasteiger partial charge is 0.328 e. The number of aromatic nitrogens is 4. The van der Waals surface area contributed by atoms with Gasteiger partial charge in [0, 0.05) is 12.3 Å². The molecule has 0 radical (unpaired) electrons. The average Bonchev–Trinajstić information content (AvgIpc) is 3.26. The second-order valence-electron chi connectivity index (χ2n) is 6.45. The van der Waals surface area contributed by atoms with E-state index >= 15 is 0 Å². The van der Waals surface area contributed by atoms with Crippen molar-refractivity contribution in [2.45, 2.75) is 33.5 Å². The maximum Gasteiger partial charge on any atom is 0.328 e. The lowest BCUT2D eigenvalue weighted by Gasteiger charge is -2.09. The number of ether oxygens (including phenoxy) is 1. The third-order valence-corrected chi connectivity index (χ3v) is 4.39. The fourth-order valence-corrected chi connectivity index (χ4v) is 2.66. The Morgan fingerprint density at radius 3 is 2.79 bits per heavy atom. The summed E-state index contributed by atoms with van der Waals surface area (Å²) in [6.07, 6.45) is 2.67. The highest BCUT2D eigenvalue weighted by Gasteiger charge is 2.19. The zero-order valence-corrected chi connectivity index (χ0v) is 16.1. The van der Waals surface area contributed by atoms with Crippen molar-refractivity contribution in [1.82, 2.24) is 19.6 Å². The molecule has 10 heteroatoms. The Bertz CT molecular complexity index is 1060. The minimum Gasteiger partial charge on any atom is -0.480 e. The van der Waals surface area contributed by atoms with Gasteiger partial charge in [0.25, 0.3) is 5.91 Å². The van der Waals surface area contributed by atoms with Crippen LogP contribution >= 0.6 is 0 Å². The van der Waals surface area contributed by atoms with E-state index in [0.717, 1.165) is 0 Å². The fourth-order valence-electron chi connectivity index (χ4n) is 2.66. The molecule has 0 fully saturated rings. The maximum atomic E-state index is 13.3. The lowest BCUT2D eigenvalue weighted by Crippen LogP contribution is -2.16. The molecule has 0 aliphatic rings. The Kier molecular flexibility index (Phi) is 5.62. The highest BCUT2D eigenvalue weighted by Crippen LogP contribution is 2.21. The van der Waals surface area contributed by atoms with Crippen LogP contribution < -0.4 is 10.1 Å². The first-order chi connectivity index (χ1) is 13.8. The molecule has 0 aliphatic heterocycles. The molecule has 0 saturated heterocycles. The molecule has 3 rings (SSSR count). The van der Waals surface area contributed by atoms with E-state index in [1.807, 2.05) is 0 Å². The van der Waals surface area contributed by atoms with E-state index in [0.29, 0.717) is 22.8 Å². The van der Waals surface area contributed by atoms with Gasteiger partial charge in [-0.2, -0.15) is 10.2 Å². The SMILES string of the molecule is Cc1nn(COc2cccc(F)c2)c(C)c1NC(=O)c1cnn(C(C)C(=O)O)c1. The lowest BCUT2D eigenvalue weighted by molar-refractivity contribution is -0.140. The van der Waals surface area contributed by atoms with Gasteiger partial charge in [0.05, 0.1) is 28.8 Å². The Hall–Kier alpha value is -3.69. The van der Waals surface area contributed by atoms with Crippen LogP contribution in [0.5, 0.6) is 5.75 Å². The van der Waals surface area contributed by atoms with Crippen molar-refractivity contribution in [3.63, 3.8) is 0 Å². The molecule has 1 aromatic carbocycles. The number of nitrogens with one attached hydrogen (secondary N) is 1. The molecule has 0 aliphatic carbocycles. The Balaban J connectivity index is 1.71. The molecule has 152 valence electrons. The molecule has 2 N–H and O–H groups in total. The van der Waals surface area contributed by atoms with Crippen molar-refractivity contribution in [3.05, 3.63) is 59.4 Å². The summed E-state index contributed by atoms with van der Waals surface area (Å²) < 4.78 is 21.5. The van der Waals surface area contributed by atoms with Gasteiger partial charge in [-0.1, -0.05) is 6.07 Å². The second-order valence-corrected chi connectivity index (χ2v) is 6.45. The first-order valence-electron chi connectivity index (χ1n) is 8.77. The first-order valence-corrected chi connectivity index (χ1v) is 8.77. The van der Waals surface area contributed by atoms with Crippen molar-refractivity contribution < 1.29 is 23.8 Å². The van der Waals surface area contributed by atoms with E-state index < -0.39 is 23.7 Å². The summed E-state index contributed by atoms with van der Waals surface area (Å²) in [6.45, 7) is 5.01. The van der Waals surface area contributed by atoms with Crippen molar-refractivity contribution >= 4 is 17.6 Å². The van der Waals surface area contributed by atoms with Gasteiger partial charge in [0.1, 0.15) is 17.6 Å². The summed E-state index contributed by atoms with van der Waals surface area (Å²) in [4.78, 5) is 23.6. The molecule has 0 bridgehead atoms. The predicted octanol–water partition coefficient (Wildman–Crippen LogP) is 2.77. The number of hydrogen-bond acceptors (Lipinski definition) is 5. The summed E-state index contributed by atoms with van der Waals surface area (Å²) in [5, 5.41) is 20.1. The summed E-state index contributed by atoms with van der Waals surface area (Å²) in [5.41, 5.74) is 1.96. The molecule has 9 nitrogen and oxygen atoms in total. The number of aliphatic carboxylic acids is 1. The zero-order valence-electron chi connectivity index (χ0n) is 16.1. The molecule has 2 aromatic heterocycles. The number of carboxylic acid groups (broad SMARTS) is 1.